The van der Waals surface area contributed by atoms with Crippen LogP contribution in [0.15, 0.2) is 35.2 Å². The van der Waals surface area contributed by atoms with Crippen LogP contribution in [0.5, 0.6) is 0 Å². The van der Waals surface area contributed by atoms with E-state index in [0.29, 0.717) is 49.5 Å². The van der Waals surface area contributed by atoms with Gasteiger partial charge in [0.05, 0.1) is 24.6 Å². The molecule has 11 nitrogen and oxygen atoms in total. The molecule has 0 aliphatic carbocycles. The van der Waals surface area contributed by atoms with Crippen LogP contribution >= 0.6 is 0 Å². The van der Waals surface area contributed by atoms with Gasteiger partial charge in [-0.2, -0.15) is 24.4 Å². The van der Waals surface area contributed by atoms with Crippen LogP contribution in [0.1, 0.15) is 17.2 Å². The van der Waals surface area contributed by atoms with Crippen molar-refractivity contribution in [2.45, 2.75) is 25.3 Å². The Morgan fingerprint density at radius 2 is 1.81 bits per heavy atom. The van der Waals surface area contributed by atoms with Crippen molar-refractivity contribution in [2.75, 3.05) is 37.4 Å². The highest BCUT2D eigenvalue weighted by Crippen LogP contribution is 2.25. The van der Waals surface area contributed by atoms with E-state index in [9.17, 15) is 8.42 Å². The van der Waals surface area contributed by atoms with E-state index in [-0.39, 0.29) is 17.4 Å². The lowest BCUT2D eigenvalue weighted by Crippen LogP contribution is -2.41. The van der Waals surface area contributed by atoms with Crippen molar-refractivity contribution >= 4 is 27.6 Å². The molecule has 4 rings (SSSR count). The number of aryl methyl sites for hydroxylation is 1. The maximum atomic E-state index is 13.2. The second-order valence-electron chi connectivity index (χ2n) is 7.10. The van der Waals surface area contributed by atoms with Crippen molar-refractivity contribution in [3.05, 3.63) is 47.5 Å². The minimum atomic E-state index is -3.67. The lowest BCUT2D eigenvalue weighted by molar-refractivity contribution is 0.0730. The molecular formula is C19H24N8O3S. The molecule has 1 aliphatic rings. The zero-order valence-electron chi connectivity index (χ0n) is 17.3. The van der Waals surface area contributed by atoms with Crippen LogP contribution in [0.4, 0.5) is 17.6 Å². The van der Waals surface area contributed by atoms with Crippen LogP contribution in [0.25, 0.3) is 0 Å². The van der Waals surface area contributed by atoms with Crippen molar-refractivity contribution in [3.63, 3.8) is 0 Å². The summed E-state index contributed by atoms with van der Waals surface area (Å²) in [4.78, 5) is 12.9. The Hall–Kier alpha value is -3.09. The number of nitrogens with two attached hydrogens (primary N) is 1. The summed E-state index contributed by atoms with van der Waals surface area (Å²) in [6.45, 7) is 4.97. The van der Waals surface area contributed by atoms with Gasteiger partial charge in [0.1, 0.15) is 11.4 Å². The molecular weight excluding hydrogens is 420 g/mol. The largest absolute Gasteiger partial charge is 0.379 e. The first kappa shape index (κ1) is 21.2. The maximum Gasteiger partial charge on any atom is 0.246 e. The normalized spacial score (nSPS) is 15.2. The maximum absolute atomic E-state index is 13.2. The number of ether oxygens (including phenoxy) is 1. The number of hydrogen-bond donors (Lipinski definition) is 2. The van der Waals surface area contributed by atoms with E-state index in [0.717, 1.165) is 5.69 Å². The van der Waals surface area contributed by atoms with Gasteiger partial charge < -0.3 is 15.8 Å². The van der Waals surface area contributed by atoms with Crippen LogP contribution in [0, 0.1) is 13.8 Å². The van der Waals surface area contributed by atoms with Gasteiger partial charge in [0, 0.05) is 18.8 Å². The van der Waals surface area contributed by atoms with Gasteiger partial charge in [0.25, 0.3) is 0 Å². The van der Waals surface area contributed by atoms with E-state index < -0.39 is 10.0 Å². The molecule has 2 aromatic heterocycles. The number of nitrogens with one attached hydrogen (secondary N) is 1. The highest BCUT2D eigenvalue weighted by Gasteiger charge is 2.32. The smallest absolute Gasteiger partial charge is 0.246 e. The summed E-state index contributed by atoms with van der Waals surface area (Å²) in [6.07, 6.45) is 0. The summed E-state index contributed by atoms with van der Waals surface area (Å²) in [5.74, 6) is 0.731. The minimum Gasteiger partial charge on any atom is -0.379 e. The van der Waals surface area contributed by atoms with Gasteiger partial charge in [-0.3, -0.25) is 4.68 Å². The quantitative estimate of drug-likeness (QED) is 0.571. The van der Waals surface area contributed by atoms with Gasteiger partial charge in [-0.05, 0) is 26.0 Å². The van der Waals surface area contributed by atoms with Crippen LogP contribution in [0.3, 0.4) is 0 Å². The molecule has 1 aliphatic heterocycles. The lowest BCUT2D eigenvalue weighted by atomic mass is 10.3. The summed E-state index contributed by atoms with van der Waals surface area (Å²) < 4.78 is 34.6. The number of sulfonamides is 1. The molecule has 1 aromatic carbocycles. The summed E-state index contributed by atoms with van der Waals surface area (Å²) in [6, 6.07) is 9.44. The molecule has 0 amide bonds. The standard InChI is InChI=1S/C19H24N8O3S/c1-13-17(31(28,29)26-8-10-30-11-9-26)14(2)27(25-13)12-16-22-18(20)24-19(23-16)21-15-6-4-3-5-7-15/h3-7H,8-12H2,1-2H3,(H3,20,21,22,23,24). The number of nitrogens with zero attached hydrogens (tertiary/aromatic N) is 6. The fourth-order valence-corrected chi connectivity index (χ4v) is 5.25. The van der Waals surface area contributed by atoms with Crippen LogP contribution in [-0.2, 0) is 21.3 Å². The van der Waals surface area contributed by atoms with E-state index in [2.05, 4.69) is 25.4 Å². The molecule has 12 heteroatoms. The number of anilines is 3. The Balaban J connectivity index is 1.61. The van der Waals surface area contributed by atoms with Gasteiger partial charge in [0.15, 0.2) is 5.82 Å². The van der Waals surface area contributed by atoms with Crippen molar-refractivity contribution < 1.29 is 13.2 Å². The Kier molecular flexibility index (Phi) is 5.85. The zero-order valence-corrected chi connectivity index (χ0v) is 18.1. The SMILES string of the molecule is Cc1nn(Cc2nc(N)nc(Nc3ccccc3)n2)c(C)c1S(=O)(=O)N1CCOCC1. The van der Waals surface area contributed by atoms with Crippen molar-refractivity contribution in [1.82, 2.24) is 29.0 Å². The molecule has 0 unspecified atom stereocenters. The van der Waals surface area contributed by atoms with Crippen molar-refractivity contribution in [2.24, 2.45) is 0 Å². The molecule has 1 fully saturated rings. The number of hydrogen-bond acceptors (Lipinski definition) is 9. The molecule has 3 N–H and O–H groups in total. The van der Waals surface area contributed by atoms with Crippen molar-refractivity contribution in [3.8, 4) is 0 Å². The molecule has 0 radical (unpaired) electrons. The minimum absolute atomic E-state index is 0.0612. The van der Waals surface area contributed by atoms with Crippen molar-refractivity contribution in [1.29, 1.82) is 0 Å². The first-order valence-corrected chi connectivity index (χ1v) is 11.2. The summed E-state index contributed by atoms with van der Waals surface area (Å²) >= 11 is 0. The number of para-hydroxylation sites is 1. The van der Waals surface area contributed by atoms with Crippen LogP contribution < -0.4 is 11.1 Å². The number of rotatable bonds is 6. The highest BCUT2D eigenvalue weighted by atomic mass is 32.2. The topological polar surface area (TPSA) is 141 Å². The predicted octanol–water partition coefficient (Wildman–Crippen LogP) is 1.08. The average molecular weight is 445 g/mol. The van der Waals surface area contributed by atoms with Gasteiger partial charge >= 0.3 is 0 Å². The summed E-state index contributed by atoms with van der Waals surface area (Å²) in [5, 5.41) is 7.51. The third kappa shape index (κ3) is 4.50. The molecule has 0 bridgehead atoms. The van der Waals surface area contributed by atoms with E-state index in [1.54, 1.807) is 18.5 Å². The Labute approximate surface area is 180 Å². The van der Waals surface area contributed by atoms with E-state index >= 15 is 0 Å². The van der Waals surface area contributed by atoms with Crippen LogP contribution in [-0.4, -0.2) is 63.8 Å². The number of morpholine rings is 1. The molecule has 0 saturated carbocycles. The first-order valence-electron chi connectivity index (χ1n) is 9.79. The van der Waals surface area contributed by atoms with Crippen LogP contribution in [0.2, 0.25) is 0 Å². The summed E-state index contributed by atoms with van der Waals surface area (Å²) in [7, 11) is -3.67. The van der Waals surface area contributed by atoms with E-state index in [4.69, 9.17) is 10.5 Å². The molecule has 1 saturated heterocycles. The first-order chi connectivity index (χ1) is 14.8. The summed E-state index contributed by atoms with van der Waals surface area (Å²) in [5.41, 5.74) is 7.61. The lowest BCUT2D eigenvalue weighted by Gasteiger charge is -2.26. The molecule has 0 spiro atoms. The Morgan fingerprint density at radius 3 is 2.52 bits per heavy atom. The van der Waals surface area contributed by atoms with E-state index in [1.807, 2.05) is 30.3 Å². The van der Waals surface area contributed by atoms with Gasteiger partial charge in [0.2, 0.25) is 21.9 Å². The monoisotopic (exact) mass is 444 g/mol. The van der Waals surface area contributed by atoms with E-state index in [1.165, 1.54) is 4.31 Å². The zero-order chi connectivity index (χ0) is 22.0. The molecule has 3 aromatic rings. The average Bonchev–Trinajstić information content (AvgIpc) is 3.02. The molecule has 164 valence electrons. The predicted molar refractivity (Wildman–Crippen MR) is 114 cm³/mol. The van der Waals surface area contributed by atoms with Gasteiger partial charge in [-0.25, -0.2) is 8.42 Å². The molecule has 31 heavy (non-hydrogen) atoms. The third-order valence-corrected chi connectivity index (χ3v) is 7.05. The van der Waals surface area contributed by atoms with Gasteiger partial charge in [-0.1, -0.05) is 18.2 Å². The number of benzene rings is 1. The third-order valence-electron chi connectivity index (χ3n) is 4.90. The fourth-order valence-electron chi connectivity index (χ4n) is 3.47. The second kappa shape index (κ2) is 8.57. The fraction of sp³-hybridized carbons (Fsp3) is 0.368. The highest BCUT2D eigenvalue weighted by molar-refractivity contribution is 7.89. The number of nitrogen functional groups attached to an aromatic ring is 1. The Bertz CT molecular complexity index is 1170. The molecule has 3 heterocycles. The Morgan fingerprint density at radius 1 is 1.10 bits per heavy atom. The second-order valence-corrected chi connectivity index (χ2v) is 8.97. The van der Waals surface area contributed by atoms with Gasteiger partial charge in [-0.15, -0.1) is 0 Å². The molecule has 0 atom stereocenters. The number of aromatic nitrogens is 5.